The molecule has 0 radical (unpaired) electrons. The third-order valence-electron chi connectivity index (χ3n) is 5.02. The van der Waals surface area contributed by atoms with E-state index in [1.807, 2.05) is 50.4 Å². The summed E-state index contributed by atoms with van der Waals surface area (Å²) in [5, 5.41) is 4.39. The van der Waals surface area contributed by atoms with Crippen LogP contribution in [0.25, 0.3) is 5.65 Å². The lowest BCUT2D eigenvalue weighted by molar-refractivity contribution is 0.198. The van der Waals surface area contributed by atoms with Gasteiger partial charge in [0.05, 0.1) is 11.4 Å². The van der Waals surface area contributed by atoms with Crippen LogP contribution in [0, 0.1) is 6.92 Å². The van der Waals surface area contributed by atoms with Crippen LogP contribution in [0.4, 0.5) is 11.8 Å². The van der Waals surface area contributed by atoms with Gasteiger partial charge < -0.3 is 10.6 Å². The van der Waals surface area contributed by atoms with Gasteiger partial charge in [0.2, 0.25) is 5.95 Å². The van der Waals surface area contributed by atoms with Crippen molar-refractivity contribution in [2.24, 2.45) is 0 Å². The Kier molecular flexibility index (Phi) is 4.65. The Labute approximate surface area is 159 Å². The normalized spacial score (nSPS) is 18.1. The van der Waals surface area contributed by atoms with E-state index >= 15 is 0 Å². The van der Waals surface area contributed by atoms with Gasteiger partial charge in [-0.3, -0.25) is 4.90 Å². The van der Waals surface area contributed by atoms with E-state index in [0.717, 1.165) is 61.0 Å². The molecule has 1 aliphatic rings. The summed E-state index contributed by atoms with van der Waals surface area (Å²) in [5.74, 6) is 1.76. The molecule has 1 aliphatic heterocycles. The highest BCUT2D eigenvalue weighted by molar-refractivity contribution is 5.48. The number of piperidine rings is 1. The number of hydrogen-bond donors (Lipinski definition) is 1. The number of aromatic nitrogens is 5. The van der Waals surface area contributed by atoms with Crippen LogP contribution in [0.5, 0.6) is 0 Å². The summed E-state index contributed by atoms with van der Waals surface area (Å²) in [5.41, 5.74) is 10.1. The Balaban J connectivity index is 1.49. The Morgan fingerprint density at radius 1 is 1.22 bits per heavy atom. The maximum Gasteiger partial charge on any atom is 0.224 e. The Morgan fingerprint density at radius 2 is 2.00 bits per heavy atom. The molecule has 8 heteroatoms. The molecule has 142 valence electrons. The van der Waals surface area contributed by atoms with Gasteiger partial charge >= 0.3 is 0 Å². The molecule has 1 saturated heterocycles. The van der Waals surface area contributed by atoms with Crippen LogP contribution in [-0.2, 0) is 6.54 Å². The van der Waals surface area contributed by atoms with Crippen LogP contribution < -0.4 is 10.6 Å². The molecule has 0 aromatic carbocycles. The largest absolute Gasteiger partial charge is 0.384 e. The fourth-order valence-electron chi connectivity index (χ4n) is 3.70. The van der Waals surface area contributed by atoms with Gasteiger partial charge in [-0.15, -0.1) is 0 Å². The smallest absolute Gasteiger partial charge is 0.224 e. The van der Waals surface area contributed by atoms with Crippen molar-refractivity contribution in [3.63, 3.8) is 0 Å². The van der Waals surface area contributed by atoms with Crippen molar-refractivity contribution in [3.8, 4) is 0 Å². The van der Waals surface area contributed by atoms with E-state index in [2.05, 4.69) is 20.0 Å². The number of rotatable bonds is 4. The number of likely N-dealkylation sites (tertiary alicyclic amines) is 1. The van der Waals surface area contributed by atoms with Crippen molar-refractivity contribution in [1.82, 2.24) is 29.5 Å². The van der Waals surface area contributed by atoms with Crippen molar-refractivity contribution in [2.45, 2.75) is 32.2 Å². The summed E-state index contributed by atoms with van der Waals surface area (Å²) in [6, 6.07) is 3.95. The average molecular weight is 366 g/mol. The monoisotopic (exact) mass is 366 g/mol. The zero-order chi connectivity index (χ0) is 19.0. The standard InChI is InChI=1S/C19H26N8/c1-13-7-18-23-16(8-17(20)27(18)24-13)15-5-4-6-26(12-15)11-14-9-21-19(22-10-14)25(2)3/h7-10,15H,4-6,11-12,20H2,1-3H3/t15-/m1/s1. The van der Waals surface area contributed by atoms with Crippen molar-refractivity contribution < 1.29 is 0 Å². The minimum atomic E-state index is 0.378. The molecule has 0 amide bonds. The SMILES string of the molecule is Cc1cc2nc([C@@H]3CCCN(Cc4cnc(N(C)C)nc4)C3)cc(N)n2n1. The molecule has 4 rings (SSSR count). The topological polar surface area (TPSA) is 88.5 Å². The molecule has 0 saturated carbocycles. The minimum absolute atomic E-state index is 0.378. The quantitative estimate of drug-likeness (QED) is 0.754. The van der Waals surface area contributed by atoms with Crippen LogP contribution in [-0.4, -0.2) is 56.7 Å². The zero-order valence-electron chi connectivity index (χ0n) is 16.1. The maximum atomic E-state index is 6.20. The molecular weight excluding hydrogens is 340 g/mol. The molecule has 1 fully saturated rings. The maximum absolute atomic E-state index is 6.20. The highest BCUT2D eigenvalue weighted by Crippen LogP contribution is 2.28. The number of aryl methyl sites for hydroxylation is 1. The van der Waals surface area contributed by atoms with E-state index in [1.54, 1.807) is 4.52 Å². The van der Waals surface area contributed by atoms with Crippen LogP contribution in [0.2, 0.25) is 0 Å². The van der Waals surface area contributed by atoms with Crippen LogP contribution in [0.3, 0.4) is 0 Å². The first kappa shape index (κ1) is 17.7. The van der Waals surface area contributed by atoms with Crippen molar-refractivity contribution in [2.75, 3.05) is 37.8 Å². The van der Waals surface area contributed by atoms with Gasteiger partial charge in [0.15, 0.2) is 5.65 Å². The lowest BCUT2D eigenvalue weighted by atomic mass is 9.94. The highest BCUT2D eigenvalue weighted by atomic mass is 15.3. The third-order valence-corrected chi connectivity index (χ3v) is 5.02. The van der Waals surface area contributed by atoms with Gasteiger partial charge in [0.1, 0.15) is 5.82 Å². The van der Waals surface area contributed by atoms with E-state index in [9.17, 15) is 0 Å². The Bertz CT molecular complexity index is 931. The average Bonchev–Trinajstić information content (AvgIpc) is 3.03. The molecule has 0 bridgehead atoms. The predicted molar refractivity (Wildman–Crippen MR) is 106 cm³/mol. The van der Waals surface area contributed by atoms with Crippen molar-refractivity contribution in [3.05, 3.63) is 41.5 Å². The Hall–Kier alpha value is -2.74. The van der Waals surface area contributed by atoms with Crippen molar-refractivity contribution in [1.29, 1.82) is 0 Å². The van der Waals surface area contributed by atoms with Gasteiger partial charge in [0.25, 0.3) is 0 Å². The Morgan fingerprint density at radius 3 is 2.74 bits per heavy atom. The summed E-state index contributed by atoms with van der Waals surface area (Å²) in [6.07, 6.45) is 6.11. The van der Waals surface area contributed by atoms with Crippen molar-refractivity contribution >= 4 is 17.4 Å². The number of nitrogen functional groups attached to an aromatic ring is 1. The highest BCUT2D eigenvalue weighted by Gasteiger charge is 2.23. The fraction of sp³-hybridized carbons (Fsp3) is 0.474. The molecule has 0 aliphatic carbocycles. The number of anilines is 2. The van der Waals surface area contributed by atoms with Gasteiger partial charge in [-0.05, 0) is 26.3 Å². The summed E-state index contributed by atoms with van der Waals surface area (Å²) in [6.45, 7) is 4.86. The van der Waals surface area contributed by atoms with E-state index in [-0.39, 0.29) is 0 Å². The van der Waals surface area contributed by atoms with E-state index in [0.29, 0.717) is 11.7 Å². The zero-order valence-corrected chi connectivity index (χ0v) is 16.1. The van der Waals surface area contributed by atoms with Crippen LogP contribution in [0.15, 0.2) is 24.5 Å². The third kappa shape index (κ3) is 3.71. The lowest BCUT2D eigenvalue weighted by Crippen LogP contribution is -2.34. The molecule has 1 atom stereocenters. The van der Waals surface area contributed by atoms with E-state index in [4.69, 9.17) is 10.7 Å². The summed E-state index contributed by atoms with van der Waals surface area (Å²) in [4.78, 5) is 18.0. The molecule has 8 nitrogen and oxygen atoms in total. The van der Waals surface area contributed by atoms with Gasteiger partial charge in [0, 0.05) is 63.2 Å². The van der Waals surface area contributed by atoms with Gasteiger partial charge in [-0.25, -0.2) is 15.0 Å². The van der Waals surface area contributed by atoms with Crippen LogP contribution >= 0.6 is 0 Å². The first-order valence-corrected chi connectivity index (χ1v) is 9.33. The van der Waals surface area contributed by atoms with Crippen LogP contribution in [0.1, 0.15) is 35.7 Å². The summed E-state index contributed by atoms with van der Waals surface area (Å²) >= 11 is 0. The number of nitrogens with two attached hydrogens (primary N) is 1. The molecule has 4 heterocycles. The number of fused-ring (bicyclic) bond motifs is 1. The second-order valence-corrected chi connectivity index (χ2v) is 7.52. The summed E-state index contributed by atoms with van der Waals surface area (Å²) in [7, 11) is 3.89. The molecule has 27 heavy (non-hydrogen) atoms. The molecular formula is C19H26N8. The second kappa shape index (κ2) is 7.11. The van der Waals surface area contributed by atoms with Gasteiger partial charge in [-0.1, -0.05) is 0 Å². The molecule has 0 spiro atoms. The first-order chi connectivity index (χ1) is 13.0. The molecule has 3 aromatic heterocycles. The van der Waals surface area contributed by atoms with E-state index < -0.39 is 0 Å². The second-order valence-electron chi connectivity index (χ2n) is 7.52. The molecule has 2 N–H and O–H groups in total. The number of hydrogen-bond acceptors (Lipinski definition) is 7. The van der Waals surface area contributed by atoms with Gasteiger partial charge in [-0.2, -0.15) is 9.61 Å². The predicted octanol–water partition coefficient (Wildman–Crippen LogP) is 1.86. The minimum Gasteiger partial charge on any atom is -0.384 e. The number of nitrogens with zero attached hydrogens (tertiary/aromatic N) is 7. The molecule has 0 unspecified atom stereocenters. The fourth-order valence-corrected chi connectivity index (χ4v) is 3.70. The summed E-state index contributed by atoms with van der Waals surface area (Å²) < 4.78 is 1.71. The lowest BCUT2D eigenvalue weighted by Gasteiger charge is -2.32. The van der Waals surface area contributed by atoms with E-state index in [1.165, 1.54) is 0 Å². The molecule has 3 aromatic rings. The first-order valence-electron chi connectivity index (χ1n) is 9.33.